The van der Waals surface area contributed by atoms with Gasteiger partial charge in [-0.1, -0.05) is 109 Å². The average Bonchev–Trinajstić information content (AvgIpc) is 3.29. The maximum absolute atomic E-state index is 2.38. The Kier molecular flexibility index (Phi) is 5.00. The maximum atomic E-state index is 2.38. The number of rotatable bonds is 3. The molecule has 0 saturated heterocycles. The van der Waals surface area contributed by atoms with Crippen LogP contribution < -0.4 is 0 Å². The van der Waals surface area contributed by atoms with E-state index >= 15 is 0 Å². The van der Waals surface area contributed by atoms with Crippen molar-refractivity contribution in [3.05, 3.63) is 143 Å². The first kappa shape index (κ1) is 21.2. The molecule has 170 valence electrons. The minimum atomic E-state index is 1.22. The van der Waals surface area contributed by atoms with Gasteiger partial charge in [0.15, 0.2) is 6.21 Å². The molecule has 7 rings (SSSR count). The summed E-state index contributed by atoms with van der Waals surface area (Å²) in [5.41, 5.74) is 7.58. The van der Waals surface area contributed by atoms with Gasteiger partial charge in [0, 0.05) is 15.9 Å². The highest BCUT2D eigenvalue weighted by molar-refractivity contribution is 8.16. The van der Waals surface area contributed by atoms with Crippen molar-refractivity contribution >= 4 is 61.1 Å². The van der Waals surface area contributed by atoms with Gasteiger partial charge in [0.05, 0.1) is 10.9 Å². The molecule has 2 aliphatic rings. The first-order valence-electron chi connectivity index (χ1n) is 12.3. The second kappa shape index (κ2) is 8.51. The topological polar surface area (TPSA) is 3.01 Å². The van der Waals surface area contributed by atoms with Crippen molar-refractivity contribution in [2.75, 3.05) is 7.05 Å². The SMILES string of the molecule is C[N+]1=Cc2c3ccccc3c(C=C3C=C(c4ccccc4)SC(c4ccccc4)=C3)c3cccc1c23. The van der Waals surface area contributed by atoms with Gasteiger partial charge in [-0.2, -0.15) is 0 Å². The molecule has 1 nitrogen and oxygen atoms in total. The minimum Gasteiger partial charge on any atom is -0.200 e. The third kappa shape index (κ3) is 3.45. The molecule has 0 spiro atoms. The van der Waals surface area contributed by atoms with Crippen LogP contribution in [0.25, 0.3) is 37.4 Å². The highest BCUT2D eigenvalue weighted by Crippen LogP contribution is 2.45. The second-order valence-electron chi connectivity index (χ2n) is 9.31. The van der Waals surface area contributed by atoms with E-state index in [9.17, 15) is 0 Å². The van der Waals surface area contributed by atoms with Gasteiger partial charge >= 0.3 is 0 Å². The van der Waals surface area contributed by atoms with Crippen molar-refractivity contribution in [1.82, 2.24) is 0 Å². The second-order valence-corrected chi connectivity index (χ2v) is 10.4. The summed E-state index contributed by atoms with van der Waals surface area (Å²) < 4.78 is 2.25. The Balaban J connectivity index is 1.50. The van der Waals surface area contributed by atoms with Crippen LogP contribution in [0.4, 0.5) is 5.69 Å². The molecule has 0 amide bonds. The lowest BCUT2D eigenvalue weighted by atomic mass is 9.91. The average molecular weight is 479 g/mol. The Hall–Kier alpha value is -4.14. The number of thioether (sulfide) groups is 1. The predicted molar refractivity (Wildman–Crippen MR) is 157 cm³/mol. The van der Waals surface area contributed by atoms with Gasteiger partial charge in [0.1, 0.15) is 7.05 Å². The fourth-order valence-corrected chi connectivity index (χ4v) is 6.52. The van der Waals surface area contributed by atoms with Gasteiger partial charge in [-0.15, -0.1) is 0 Å². The van der Waals surface area contributed by atoms with Crippen molar-refractivity contribution in [3.63, 3.8) is 0 Å². The van der Waals surface area contributed by atoms with Gasteiger partial charge in [-0.3, -0.25) is 0 Å². The fourth-order valence-electron chi connectivity index (χ4n) is 5.39. The summed E-state index contributed by atoms with van der Waals surface area (Å²) in [6.45, 7) is 0. The van der Waals surface area contributed by atoms with Crippen LogP contribution in [0.5, 0.6) is 0 Å². The van der Waals surface area contributed by atoms with Crippen LogP contribution in [0.1, 0.15) is 22.3 Å². The van der Waals surface area contributed by atoms with Crippen LogP contribution in [0, 0.1) is 0 Å². The van der Waals surface area contributed by atoms with Crippen LogP contribution >= 0.6 is 11.8 Å². The van der Waals surface area contributed by atoms with Crippen molar-refractivity contribution in [2.24, 2.45) is 0 Å². The van der Waals surface area contributed by atoms with Crippen molar-refractivity contribution in [1.29, 1.82) is 0 Å². The van der Waals surface area contributed by atoms with E-state index < -0.39 is 0 Å². The quantitative estimate of drug-likeness (QED) is 0.185. The number of hydrogen-bond acceptors (Lipinski definition) is 1. The lowest BCUT2D eigenvalue weighted by Gasteiger charge is -2.18. The van der Waals surface area contributed by atoms with Crippen LogP contribution in [0.2, 0.25) is 0 Å². The molecule has 0 fully saturated rings. The third-order valence-corrected chi connectivity index (χ3v) is 8.20. The van der Waals surface area contributed by atoms with E-state index in [-0.39, 0.29) is 0 Å². The molecular weight excluding hydrogens is 454 g/mol. The Labute approximate surface area is 215 Å². The Morgan fingerprint density at radius 3 is 1.86 bits per heavy atom. The fraction of sp³-hybridized carbons (Fsp3) is 0.0294. The first-order chi connectivity index (χ1) is 17.8. The number of fused-ring (bicyclic) bond motifs is 2. The van der Waals surface area contributed by atoms with E-state index in [1.807, 2.05) is 11.8 Å². The number of hydrogen-bond donors (Lipinski definition) is 0. The Morgan fingerprint density at radius 2 is 1.19 bits per heavy atom. The smallest absolute Gasteiger partial charge is 0.200 e. The molecule has 2 aliphatic heterocycles. The zero-order valence-electron chi connectivity index (χ0n) is 20.0. The Bertz CT molecular complexity index is 1730. The molecular formula is C34H24NS+. The Morgan fingerprint density at radius 1 is 0.611 bits per heavy atom. The summed E-state index contributed by atoms with van der Waals surface area (Å²) in [6, 6.07) is 36.9. The zero-order valence-corrected chi connectivity index (χ0v) is 20.8. The molecule has 0 aliphatic carbocycles. The highest BCUT2D eigenvalue weighted by Gasteiger charge is 2.25. The molecule has 0 aromatic heterocycles. The summed E-state index contributed by atoms with van der Waals surface area (Å²) in [5.74, 6) is 0. The zero-order chi connectivity index (χ0) is 24.1. The van der Waals surface area contributed by atoms with Crippen LogP contribution in [-0.4, -0.2) is 17.8 Å². The van der Waals surface area contributed by atoms with Gasteiger partial charge in [-0.25, -0.2) is 4.58 Å². The number of allylic oxidation sites excluding steroid dienone is 3. The molecule has 2 heteroatoms. The van der Waals surface area contributed by atoms with Crippen molar-refractivity contribution in [3.8, 4) is 0 Å². The normalized spacial score (nSPS) is 14.6. The van der Waals surface area contributed by atoms with E-state index in [0.717, 1.165) is 0 Å². The van der Waals surface area contributed by atoms with Crippen molar-refractivity contribution in [2.45, 2.75) is 0 Å². The monoisotopic (exact) mass is 478 g/mol. The summed E-state index contributed by atoms with van der Waals surface area (Å²) in [6.07, 6.45) is 9.33. The number of benzene rings is 5. The summed E-state index contributed by atoms with van der Waals surface area (Å²) in [7, 11) is 2.14. The standard InChI is InChI=1S/C34H24NS/c1-35-22-30-27-16-9-8-15-26(27)29(28-17-10-18-31(35)34(28)30)19-23-20-32(24-11-4-2-5-12-24)36-33(21-23)25-13-6-3-7-14-25/h2-22H,1H3/q+1. The van der Waals surface area contributed by atoms with Gasteiger partial charge < -0.3 is 0 Å². The summed E-state index contributed by atoms with van der Waals surface area (Å²) in [5, 5.41) is 5.24. The molecule has 0 radical (unpaired) electrons. The largest absolute Gasteiger partial charge is 0.213 e. The van der Waals surface area contributed by atoms with E-state index in [0.29, 0.717) is 0 Å². The molecule has 0 atom stereocenters. The lowest BCUT2D eigenvalue weighted by Crippen LogP contribution is -1.93. The van der Waals surface area contributed by atoms with Crippen LogP contribution in [0.3, 0.4) is 0 Å². The molecule has 5 aromatic rings. The summed E-state index contributed by atoms with van der Waals surface area (Å²) in [4.78, 5) is 2.54. The van der Waals surface area contributed by atoms with Crippen LogP contribution in [-0.2, 0) is 0 Å². The molecule has 0 N–H and O–H groups in total. The van der Waals surface area contributed by atoms with E-state index in [2.05, 4.69) is 139 Å². The molecule has 36 heavy (non-hydrogen) atoms. The molecule has 0 bridgehead atoms. The van der Waals surface area contributed by atoms with E-state index in [4.69, 9.17) is 0 Å². The van der Waals surface area contributed by atoms with Gasteiger partial charge in [-0.05, 0) is 56.7 Å². The summed E-state index contributed by atoms with van der Waals surface area (Å²) >= 11 is 1.84. The van der Waals surface area contributed by atoms with E-state index in [1.54, 1.807) is 0 Å². The molecule has 0 saturated carbocycles. The third-order valence-electron chi connectivity index (χ3n) is 7.06. The van der Waals surface area contributed by atoms with Gasteiger partial charge in [0.25, 0.3) is 0 Å². The van der Waals surface area contributed by atoms with Gasteiger partial charge in [0.2, 0.25) is 5.69 Å². The number of nitrogens with zero attached hydrogens (tertiary/aromatic N) is 1. The van der Waals surface area contributed by atoms with Crippen LogP contribution in [0.15, 0.2) is 121 Å². The molecule has 5 aromatic carbocycles. The molecule has 2 heterocycles. The lowest BCUT2D eigenvalue weighted by molar-refractivity contribution is -0.394. The maximum Gasteiger partial charge on any atom is 0.213 e. The minimum absolute atomic E-state index is 1.22. The van der Waals surface area contributed by atoms with Crippen molar-refractivity contribution < 1.29 is 4.58 Å². The predicted octanol–water partition coefficient (Wildman–Crippen LogP) is 8.91. The molecule has 0 unspecified atom stereocenters. The first-order valence-corrected chi connectivity index (χ1v) is 13.1. The van der Waals surface area contributed by atoms with E-state index in [1.165, 1.54) is 64.9 Å². The highest BCUT2D eigenvalue weighted by atomic mass is 32.2.